The van der Waals surface area contributed by atoms with Gasteiger partial charge in [-0.3, -0.25) is 14.4 Å². The van der Waals surface area contributed by atoms with Crippen LogP contribution in [0.4, 0.5) is 4.79 Å². The van der Waals surface area contributed by atoms with Crippen LogP contribution in [0.1, 0.15) is 63.0 Å². The molecule has 1 aromatic rings. The van der Waals surface area contributed by atoms with Gasteiger partial charge in [0.25, 0.3) is 0 Å². The minimum absolute atomic E-state index is 0.00378. The molecule has 0 spiro atoms. The number of hydrogen-bond donors (Lipinski definition) is 4. The molecule has 1 saturated heterocycles. The molecule has 10 heteroatoms. The number of nitrogens with zero attached hydrogens (tertiary/aromatic N) is 2. The van der Waals surface area contributed by atoms with Crippen LogP contribution in [-0.2, 0) is 27.3 Å². The summed E-state index contributed by atoms with van der Waals surface area (Å²) >= 11 is 0. The van der Waals surface area contributed by atoms with Crippen molar-refractivity contribution >= 4 is 23.8 Å². The molecule has 2 atom stereocenters. The number of carboxylic acid groups (broad SMARTS) is 1. The molecule has 1 aromatic carbocycles. The first kappa shape index (κ1) is 29.4. The quantitative estimate of drug-likeness (QED) is 0.344. The van der Waals surface area contributed by atoms with E-state index in [1.165, 1.54) is 0 Å². The maximum Gasteiger partial charge on any atom is 0.405 e. The monoisotopic (exact) mass is 529 g/mol. The van der Waals surface area contributed by atoms with E-state index in [0.717, 1.165) is 62.7 Å². The number of hydrogen-bond acceptors (Lipinski definition) is 5. The smallest absolute Gasteiger partial charge is 0.405 e. The highest BCUT2D eigenvalue weighted by Crippen LogP contribution is 2.26. The molecule has 4 N–H and O–H groups in total. The van der Waals surface area contributed by atoms with Gasteiger partial charge in [0.1, 0.15) is 12.1 Å². The summed E-state index contributed by atoms with van der Waals surface area (Å²) in [5.74, 6) is -0.519. The lowest BCUT2D eigenvalue weighted by atomic mass is 9.91. The number of likely N-dealkylation sites (N-methyl/N-ethyl adjacent to an activating group) is 1. The van der Waals surface area contributed by atoms with Crippen LogP contribution in [0.15, 0.2) is 24.3 Å². The zero-order valence-electron chi connectivity index (χ0n) is 22.7. The largest absolute Gasteiger partial charge is 0.465 e. The standard InChI is InChI=1S/C28H43N5O5/c1-3-24(34)30-23(27(36)33-16-14-32(2)15-17-33)18-20-10-12-21(13-11-20)19-29-26(35)25(31-28(37)38)22-8-6-4-5-7-9-22/h10-13,22-23,25,31H,3-9,14-19H2,1-2H3,(H,29,35)(H,30,34)(H,37,38)/t23?,25-/m0/s1. The molecule has 0 bridgehead atoms. The second-order valence-corrected chi connectivity index (χ2v) is 10.5. The third-order valence-electron chi connectivity index (χ3n) is 7.63. The molecular formula is C28H43N5O5. The van der Waals surface area contributed by atoms with E-state index in [1.807, 2.05) is 36.2 Å². The average Bonchev–Trinajstić information content (AvgIpc) is 3.20. The lowest BCUT2D eigenvalue weighted by molar-refractivity contribution is -0.137. The Morgan fingerprint density at radius 1 is 0.921 bits per heavy atom. The van der Waals surface area contributed by atoms with Gasteiger partial charge in [0.05, 0.1) is 0 Å². The highest BCUT2D eigenvalue weighted by atomic mass is 16.4. The van der Waals surface area contributed by atoms with Crippen LogP contribution in [0, 0.1) is 5.92 Å². The number of benzene rings is 1. The minimum atomic E-state index is -1.19. The highest BCUT2D eigenvalue weighted by Gasteiger charge is 2.30. The van der Waals surface area contributed by atoms with E-state index in [2.05, 4.69) is 20.9 Å². The van der Waals surface area contributed by atoms with Gasteiger partial charge in [-0.2, -0.15) is 0 Å². The van der Waals surface area contributed by atoms with Crippen LogP contribution in [0.5, 0.6) is 0 Å². The molecule has 0 aromatic heterocycles. The van der Waals surface area contributed by atoms with Crippen LogP contribution in [0.2, 0.25) is 0 Å². The first-order valence-electron chi connectivity index (χ1n) is 13.9. The third kappa shape index (κ3) is 9.01. The second-order valence-electron chi connectivity index (χ2n) is 10.5. The van der Waals surface area contributed by atoms with Crippen LogP contribution in [0.3, 0.4) is 0 Å². The van der Waals surface area contributed by atoms with Gasteiger partial charge in [0.15, 0.2) is 0 Å². The summed E-state index contributed by atoms with van der Waals surface area (Å²) < 4.78 is 0. The molecule has 1 aliphatic carbocycles. The van der Waals surface area contributed by atoms with Crippen molar-refractivity contribution in [1.82, 2.24) is 25.8 Å². The molecule has 2 aliphatic rings. The van der Waals surface area contributed by atoms with E-state index < -0.39 is 18.2 Å². The fraction of sp³-hybridized carbons (Fsp3) is 0.643. The van der Waals surface area contributed by atoms with Gasteiger partial charge in [-0.05, 0) is 36.9 Å². The van der Waals surface area contributed by atoms with Crippen LogP contribution in [-0.4, -0.2) is 84.0 Å². The molecule has 1 heterocycles. The Labute approximate surface area is 225 Å². The van der Waals surface area contributed by atoms with E-state index >= 15 is 0 Å². The normalized spacial score (nSPS) is 18.6. The topological polar surface area (TPSA) is 131 Å². The van der Waals surface area contributed by atoms with Gasteiger partial charge in [0, 0.05) is 45.6 Å². The molecule has 1 saturated carbocycles. The van der Waals surface area contributed by atoms with Crippen LogP contribution < -0.4 is 16.0 Å². The number of amides is 4. The Balaban J connectivity index is 1.59. The predicted octanol–water partition coefficient (Wildman–Crippen LogP) is 2.12. The van der Waals surface area contributed by atoms with Crippen molar-refractivity contribution in [1.29, 1.82) is 0 Å². The molecule has 3 rings (SSSR count). The van der Waals surface area contributed by atoms with Gasteiger partial charge in [-0.1, -0.05) is 56.9 Å². The molecule has 38 heavy (non-hydrogen) atoms. The van der Waals surface area contributed by atoms with Crippen molar-refractivity contribution in [2.24, 2.45) is 5.92 Å². The summed E-state index contributed by atoms with van der Waals surface area (Å²) in [5, 5.41) is 17.5. The first-order valence-corrected chi connectivity index (χ1v) is 13.9. The Morgan fingerprint density at radius 3 is 2.11 bits per heavy atom. The average molecular weight is 530 g/mol. The number of nitrogens with one attached hydrogen (secondary N) is 3. The van der Waals surface area contributed by atoms with E-state index in [1.54, 1.807) is 6.92 Å². The first-order chi connectivity index (χ1) is 18.3. The van der Waals surface area contributed by atoms with Gasteiger partial charge in [-0.15, -0.1) is 0 Å². The summed E-state index contributed by atoms with van der Waals surface area (Å²) in [6.45, 7) is 4.95. The number of piperazine rings is 1. The number of carbonyl (C=O) groups excluding carboxylic acids is 3. The lowest BCUT2D eigenvalue weighted by Gasteiger charge is -2.34. The SMILES string of the molecule is CCC(=O)NC(Cc1ccc(CNC(=O)[C@@H](NC(=O)O)C2CCCCCC2)cc1)C(=O)N1CCN(C)CC1. The van der Waals surface area contributed by atoms with E-state index in [0.29, 0.717) is 25.9 Å². The van der Waals surface area contributed by atoms with Crippen molar-refractivity contribution in [3.05, 3.63) is 35.4 Å². The summed E-state index contributed by atoms with van der Waals surface area (Å²) in [5.41, 5.74) is 1.78. The van der Waals surface area contributed by atoms with Crippen molar-refractivity contribution in [3.63, 3.8) is 0 Å². The third-order valence-corrected chi connectivity index (χ3v) is 7.63. The lowest BCUT2D eigenvalue weighted by Crippen LogP contribution is -2.54. The van der Waals surface area contributed by atoms with Crippen LogP contribution >= 0.6 is 0 Å². The summed E-state index contributed by atoms with van der Waals surface area (Å²) in [6, 6.07) is 6.21. The maximum absolute atomic E-state index is 13.2. The van der Waals surface area contributed by atoms with Crippen molar-refractivity contribution in [2.75, 3.05) is 33.2 Å². The van der Waals surface area contributed by atoms with Gasteiger partial charge in [0.2, 0.25) is 17.7 Å². The second kappa shape index (κ2) is 14.7. The molecule has 4 amide bonds. The zero-order valence-corrected chi connectivity index (χ0v) is 22.7. The molecule has 10 nitrogen and oxygen atoms in total. The van der Waals surface area contributed by atoms with Crippen molar-refractivity contribution in [2.45, 2.75) is 76.9 Å². The molecule has 210 valence electrons. The molecule has 0 radical (unpaired) electrons. The van der Waals surface area contributed by atoms with Crippen molar-refractivity contribution in [3.8, 4) is 0 Å². The molecule has 1 unspecified atom stereocenters. The predicted molar refractivity (Wildman–Crippen MR) is 144 cm³/mol. The van der Waals surface area contributed by atoms with Crippen molar-refractivity contribution < 1.29 is 24.3 Å². The van der Waals surface area contributed by atoms with E-state index in [-0.39, 0.29) is 30.2 Å². The number of rotatable bonds is 10. The van der Waals surface area contributed by atoms with Crippen LogP contribution in [0.25, 0.3) is 0 Å². The molecule has 2 fully saturated rings. The highest BCUT2D eigenvalue weighted by molar-refractivity contribution is 5.88. The van der Waals surface area contributed by atoms with E-state index in [9.17, 15) is 24.3 Å². The Kier molecular flexibility index (Phi) is 11.4. The summed E-state index contributed by atoms with van der Waals surface area (Å²) in [4.78, 5) is 53.6. The minimum Gasteiger partial charge on any atom is -0.465 e. The zero-order chi connectivity index (χ0) is 27.5. The Morgan fingerprint density at radius 2 is 1.53 bits per heavy atom. The Bertz CT molecular complexity index is 937. The fourth-order valence-corrected chi connectivity index (χ4v) is 5.25. The molecule has 1 aliphatic heterocycles. The summed E-state index contributed by atoms with van der Waals surface area (Å²) in [7, 11) is 2.03. The maximum atomic E-state index is 13.2. The number of carbonyl (C=O) groups is 4. The Hall–Kier alpha value is -3.14. The molecular weight excluding hydrogens is 486 g/mol. The van der Waals surface area contributed by atoms with Gasteiger partial charge in [-0.25, -0.2) is 4.79 Å². The summed E-state index contributed by atoms with van der Waals surface area (Å²) in [6.07, 6.45) is 5.45. The van der Waals surface area contributed by atoms with E-state index in [4.69, 9.17) is 0 Å². The van der Waals surface area contributed by atoms with Gasteiger partial charge >= 0.3 is 6.09 Å². The fourth-order valence-electron chi connectivity index (χ4n) is 5.25. The van der Waals surface area contributed by atoms with Gasteiger partial charge < -0.3 is 30.9 Å².